The highest BCUT2D eigenvalue weighted by Crippen LogP contribution is 2.38. The van der Waals surface area contributed by atoms with Crippen LogP contribution in [0.2, 0.25) is 0 Å². The second kappa shape index (κ2) is 8.24. The van der Waals surface area contributed by atoms with Crippen molar-refractivity contribution in [2.24, 2.45) is 0 Å². The van der Waals surface area contributed by atoms with E-state index in [0.717, 1.165) is 5.56 Å². The molecule has 0 bridgehead atoms. The van der Waals surface area contributed by atoms with Crippen LogP contribution in [0.5, 0.6) is 0 Å². The van der Waals surface area contributed by atoms with E-state index in [1.165, 1.54) is 4.90 Å². The topological polar surface area (TPSA) is 49.4 Å². The van der Waals surface area contributed by atoms with E-state index in [-0.39, 0.29) is 24.8 Å². The van der Waals surface area contributed by atoms with Crippen molar-refractivity contribution in [2.75, 3.05) is 10.2 Å². The van der Waals surface area contributed by atoms with Gasteiger partial charge in [-0.05, 0) is 42.7 Å². The second-order valence-corrected chi connectivity index (χ2v) is 7.08. The van der Waals surface area contributed by atoms with Crippen LogP contribution in [0.1, 0.15) is 36.5 Å². The standard InChI is InChI=1S/C21H18F6N2O2/c1-2-18(30)29-16-6-4-3-5-12(16)7-8-17(29)19(31)28-15-10-13(20(22,23)24)9-14(11-15)21(25,26)27/h3-6,9-11,17H,2,7-8H2,1H3,(H,28,31). The molecule has 1 unspecified atom stereocenters. The van der Waals surface area contributed by atoms with Gasteiger partial charge in [0, 0.05) is 17.8 Å². The van der Waals surface area contributed by atoms with E-state index >= 15 is 0 Å². The van der Waals surface area contributed by atoms with Crippen LogP contribution in [0.25, 0.3) is 0 Å². The summed E-state index contributed by atoms with van der Waals surface area (Å²) in [4.78, 5) is 26.6. The van der Waals surface area contributed by atoms with Crippen molar-refractivity contribution in [1.82, 2.24) is 0 Å². The van der Waals surface area contributed by atoms with Crippen molar-refractivity contribution >= 4 is 23.2 Å². The molecule has 1 aliphatic rings. The average molecular weight is 444 g/mol. The highest BCUT2D eigenvalue weighted by molar-refractivity contribution is 6.05. The molecule has 1 atom stereocenters. The van der Waals surface area contributed by atoms with E-state index < -0.39 is 41.1 Å². The largest absolute Gasteiger partial charge is 0.416 e. The van der Waals surface area contributed by atoms with Crippen molar-refractivity contribution in [3.63, 3.8) is 0 Å². The molecule has 166 valence electrons. The zero-order chi connectivity index (χ0) is 23.0. The molecule has 31 heavy (non-hydrogen) atoms. The van der Waals surface area contributed by atoms with Crippen molar-refractivity contribution in [3.05, 3.63) is 59.2 Å². The number of rotatable bonds is 3. The monoisotopic (exact) mass is 444 g/mol. The minimum atomic E-state index is -5.03. The molecule has 10 heteroatoms. The zero-order valence-electron chi connectivity index (χ0n) is 16.3. The molecular formula is C21H18F6N2O2. The number of benzene rings is 2. The molecule has 0 saturated carbocycles. The summed E-state index contributed by atoms with van der Waals surface area (Å²) in [5.41, 5.74) is -2.39. The van der Waals surface area contributed by atoms with Gasteiger partial charge in [-0.1, -0.05) is 25.1 Å². The lowest BCUT2D eigenvalue weighted by Crippen LogP contribution is -2.50. The van der Waals surface area contributed by atoms with Crippen molar-refractivity contribution < 1.29 is 35.9 Å². The SMILES string of the molecule is CCC(=O)N1c2ccccc2CCC1C(=O)Nc1cc(C(F)(F)F)cc(C(F)(F)F)c1. The average Bonchev–Trinajstić information content (AvgIpc) is 2.70. The predicted molar refractivity (Wildman–Crippen MR) is 101 cm³/mol. The Morgan fingerprint density at radius 3 is 2.13 bits per heavy atom. The minimum Gasteiger partial charge on any atom is -0.324 e. The fourth-order valence-corrected chi connectivity index (χ4v) is 3.53. The number of nitrogens with zero attached hydrogens (tertiary/aromatic N) is 1. The number of anilines is 2. The summed E-state index contributed by atoms with van der Waals surface area (Å²) in [6.45, 7) is 1.59. The molecule has 1 aliphatic heterocycles. The third kappa shape index (κ3) is 4.83. The number of carbonyl (C=O) groups excluding carboxylic acids is 2. The van der Waals surface area contributed by atoms with Crippen molar-refractivity contribution in [1.29, 1.82) is 0 Å². The third-order valence-electron chi connectivity index (χ3n) is 4.98. The van der Waals surface area contributed by atoms with Crippen molar-refractivity contribution in [3.8, 4) is 0 Å². The number of carbonyl (C=O) groups is 2. The summed E-state index contributed by atoms with van der Waals surface area (Å²) in [5, 5.41) is 2.14. The Morgan fingerprint density at radius 2 is 1.58 bits per heavy atom. The van der Waals surface area contributed by atoms with Crippen LogP contribution < -0.4 is 10.2 Å². The normalized spacial score (nSPS) is 16.6. The lowest BCUT2D eigenvalue weighted by molar-refractivity contribution is -0.143. The summed E-state index contributed by atoms with van der Waals surface area (Å²) in [6, 6.07) is 6.69. The van der Waals surface area contributed by atoms with Gasteiger partial charge >= 0.3 is 12.4 Å². The van der Waals surface area contributed by atoms with Crippen LogP contribution in [-0.2, 0) is 28.4 Å². The maximum atomic E-state index is 13.1. The van der Waals surface area contributed by atoms with Crippen LogP contribution in [0.15, 0.2) is 42.5 Å². The highest BCUT2D eigenvalue weighted by atomic mass is 19.4. The minimum absolute atomic E-state index is 0.0145. The number of para-hydroxylation sites is 1. The summed E-state index contributed by atoms with van der Waals surface area (Å²) < 4.78 is 78.4. The van der Waals surface area contributed by atoms with Crippen LogP contribution in [0, 0.1) is 0 Å². The van der Waals surface area contributed by atoms with Gasteiger partial charge in [0.05, 0.1) is 11.1 Å². The Balaban J connectivity index is 1.96. The summed E-state index contributed by atoms with van der Waals surface area (Å²) in [7, 11) is 0. The van der Waals surface area contributed by atoms with Crippen LogP contribution in [0.4, 0.5) is 37.7 Å². The number of hydrogen-bond donors (Lipinski definition) is 1. The van der Waals surface area contributed by atoms with Gasteiger partial charge in [0.15, 0.2) is 0 Å². The first-order chi connectivity index (χ1) is 14.4. The summed E-state index contributed by atoms with van der Waals surface area (Å²) in [5.74, 6) is -1.24. The number of amides is 2. The van der Waals surface area contributed by atoms with Gasteiger partial charge in [0.25, 0.3) is 0 Å². The van der Waals surface area contributed by atoms with E-state index in [9.17, 15) is 35.9 Å². The Kier molecular flexibility index (Phi) is 6.02. The van der Waals surface area contributed by atoms with Gasteiger partial charge in [-0.2, -0.15) is 26.3 Å². The van der Waals surface area contributed by atoms with Gasteiger partial charge in [-0.15, -0.1) is 0 Å². The fraction of sp³-hybridized carbons (Fsp3) is 0.333. The van der Waals surface area contributed by atoms with Gasteiger partial charge in [-0.25, -0.2) is 0 Å². The smallest absolute Gasteiger partial charge is 0.324 e. The second-order valence-electron chi connectivity index (χ2n) is 7.08. The van der Waals surface area contributed by atoms with E-state index in [0.29, 0.717) is 24.2 Å². The van der Waals surface area contributed by atoms with Gasteiger partial charge in [-0.3, -0.25) is 14.5 Å². The van der Waals surface area contributed by atoms with Crippen LogP contribution in [0.3, 0.4) is 0 Å². The highest BCUT2D eigenvalue weighted by Gasteiger charge is 2.38. The molecule has 2 amide bonds. The van der Waals surface area contributed by atoms with Crippen LogP contribution in [-0.4, -0.2) is 17.9 Å². The maximum absolute atomic E-state index is 13.1. The number of hydrogen-bond acceptors (Lipinski definition) is 2. The maximum Gasteiger partial charge on any atom is 0.416 e. The van der Waals surface area contributed by atoms with E-state index in [4.69, 9.17) is 0 Å². The molecule has 4 nitrogen and oxygen atoms in total. The van der Waals surface area contributed by atoms with E-state index in [1.54, 1.807) is 31.2 Å². The zero-order valence-corrected chi connectivity index (χ0v) is 16.3. The first kappa shape index (κ1) is 22.6. The number of nitrogens with one attached hydrogen (secondary N) is 1. The molecule has 2 aromatic rings. The summed E-state index contributed by atoms with van der Waals surface area (Å²) >= 11 is 0. The Hall–Kier alpha value is -3.04. The molecule has 0 fully saturated rings. The third-order valence-corrected chi connectivity index (χ3v) is 4.98. The molecule has 0 spiro atoms. The number of halogens is 6. The molecule has 2 aromatic carbocycles. The first-order valence-corrected chi connectivity index (χ1v) is 9.42. The summed E-state index contributed by atoms with van der Waals surface area (Å²) in [6.07, 6.45) is -9.39. The van der Waals surface area contributed by atoms with Gasteiger partial charge in [0.1, 0.15) is 6.04 Å². The molecular weight excluding hydrogens is 426 g/mol. The predicted octanol–water partition coefficient (Wildman–Crippen LogP) is 5.42. The van der Waals surface area contributed by atoms with Gasteiger partial charge < -0.3 is 5.32 Å². The fourth-order valence-electron chi connectivity index (χ4n) is 3.53. The molecule has 1 heterocycles. The molecule has 0 radical (unpaired) electrons. The molecule has 0 aliphatic carbocycles. The molecule has 0 aromatic heterocycles. The van der Waals surface area contributed by atoms with E-state index in [1.807, 2.05) is 0 Å². The number of fused-ring (bicyclic) bond motifs is 1. The first-order valence-electron chi connectivity index (χ1n) is 9.42. The Labute approximate surface area is 173 Å². The number of alkyl halides is 6. The van der Waals surface area contributed by atoms with Gasteiger partial charge in [0.2, 0.25) is 11.8 Å². The lowest BCUT2D eigenvalue weighted by Gasteiger charge is -2.36. The Bertz CT molecular complexity index is 968. The number of aryl methyl sites for hydroxylation is 1. The van der Waals surface area contributed by atoms with E-state index in [2.05, 4.69) is 5.32 Å². The molecule has 3 rings (SSSR count). The van der Waals surface area contributed by atoms with Crippen molar-refractivity contribution in [2.45, 2.75) is 44.6 Å². The molecule has 0 saturated heterocycles. The molecule has 1 N–H and O–H groups in total. The van der Waals surface area contributed by atoms with Crippen LogP contribution >= 0.6 is 0 Å². The Morgan fingerprint density at radius 1 is 1.00 bits per heavy atom. The lowest BCUT2D eigenvalue weighted by atomic mass is 9.94. The quantitative estimate of drug-likeness (QED) is 0.643.